The number of hydrogen-bond donors (Lipinski definition) is 2. The van der Waals surface area contributed by atoms with Crippen LogP contribution < -0.4 is 5.32 Å². The lowest BCUT2D eigenvalue weighted by molar-refractivity contribution is -0.141. The zero-order valence-electron chi connectivity index (χ0n) is 7.61. The Kier molecular flexibility index (Phi) is 5.34. The molecule has 0 saturated heterocycles. The molecule has 0 bridgehead atoms. The van der Waals surface area contributed by atoms with E-state index < -0.39 is 5.97 Å². The molecule has 1 atom stereocenters. The van der Waals surface area contributed by atoms with E-state index in [2.05, 4.69) is 10.1 Å². The van der Waals surface area contributed by atoms with E-state index in [1.165, 1.54) is 13.1 Å². The molecule has 5 nitrogen and oxygen atoms in total. The van der Waals surface area contributed by atoms with E-state index in [0.29, 0.717) is 0 Å². The van der Waals surface area contributed by atoms with Crippen molar-refractivity contribution in [3.63, 3.8) is 0 Å². The fourth-order valence-corrected chi connectivity index (χ4v) is 0.574. The Morgan fingerprint density at radius 1 is 1.62 bits per heavy atom. The van der Waals surface area contributed by atoms with E-state index in [-0.39, 0.29) is 18.6 Å². The van der Waals surface area contributed by atoms with Crippen LogP contribution in [0.2, 0.25) is 0 Å². The van der Waals surface area contributed by atoms with Crippen LogP contribution in [0.15, 0.2) is 12.3 Å². The molecule has 13 heavy (non-hydrogen) atoms. The van der Waals surface area contributed by atoms with E-state index in [4.69, 9.17) is 5.11 Å². The number of nitrogens with one attached hydrogen (secondary N) is 1. The summed E-state index contributed by atoms with van der Waals surface area (Å²) in [7, 11) is 0. The van der Waals surface area contributed by atoms with Crippen LogP contribution in [0.25, 0.3) is 0 Å². The van der Waals surface area contributed by atoms with Gasteiger partial charge in [-0.3, -0.25) is 4.79 Å². The maximum absolute atomic E-state index is 10.4. The van der Waals surface area contributed by atoms with Gasteiger partial charge in [0.25, 0.3) is 0 Å². The van der Waals surface area contributed by atoms with Gasteiger partial charge in [0.2, 0.25) is 0 Å². The van der Waals surface area contributed by atoms with Gasteiger partial charge in [0.15, 0.2) is 0 Å². The molecule has 0 heterocycles. The largest absolute Gasteiger partial charge is 0.478 e. The lowest BCUT2D eigenvalue weighted by Gasteiger charge is -2.10. The van der Waals surface area contributed by atoms with Crippen LogP contribution in [0.5, 0.6) is 0 Å². The lowest BCUT2D eigenvalue weighted by atomic mass is 10.4. The highest BCUT2D eigenvalue weighted by molar-refractivity contribution is 5.79. The van der Waals surface area contributed by atoms with Crippen molar-refractivity contribution in [2.24, 2.45) is 0 Å². The van der Waals surface area contributed by atoms with Crippen LogP contribution in [0.4, 0.5) is 0 Å². The number of carboxylic acid groups (broad SMARTS) is 1. The number of rotatable bonds is 5. The van der Waals surface area contributed by atoms with Gasteiger partial charge in [-0.05, 0) is 6.92 Å². The highest BCUT2D eigenvalue weighted by atomic mass is 16.5. The number of hydrogen-bond acceptors (Lipinski definition) is 4. The molecule has 5 heteroatoms. The molecule has 0 aliphatic carbocycles. The molecule has 0 aliphatic rings. The second-order valence-electron chi connectivity index (χ2n) is 2.54. The number of carboxylic acids is 1. The molecule has 0 amide bonds. The highest BCUT2D eigenvalue weighted by Crippen LogP contribution is 1.85. The van der Waals surface area contributed by atoms with Crippen LogP contribution in [-0.2, 0) is 14.3 Å². The van der Waals surface area contributed by atoms with Crippen molar-refractivity contribution in [1.29, 1.82) is 0 Å². The predicted octanol–water partition coefficient (Wildman–Crippen LogP) is 0.126. The van der Waals surface area contributed by atoms with Gasteiger partial charge in [0, 0.05) is 19.2 Å². The number of aliphatic carboxylic acids is 1. The highest BCUT2D eigenvalue weighted by Gasteiger charge is 2.00. The standard InChI is InChI=1S/C8H13NO4/c1-6(5-13-7(2)10)9-4-3-8(11)12/h3-4,6,9H,5H2,1-2H3,(H,11,12)/t6-/m0/s1. The molecule has 0 aromatic rings. The zero-order chi connectivity index (χ0) is 10.3. The van der Waals surface area contributed by atoms with Crippen LogP contribution in [0.1, 0.15) is 13.8 Å². The molecule has 74 valence electrons. The van der Waals surface area contributed by atoms with Gasteiger partial charge in [0.1, 0.15) is 6.61 Å². The summed E-state index contributed by atoms with van der Waals surface area (Å²) in [4.78, 5) is 20.4. The summed E-state index contributed by atoms with van der Waals surface area (Å²) in [6.45, 7) is 3.31. The van der Waals surface area contributed by atoms with Crippen LogP contribution in [0.3, 0.4) is 0 Å². The summed E-state index contributed by atoms with van der Waals surface area (Å²) >= 11 is 0. The lowest BCUT2D eigenvalue weighted by Crippen LogP contribution is -2.27. The van der Waals surface area contributed by atoms with E-state index in [1.54, 1.807) is 6.92 Å². The number of carbonyl (C=O) groups is 2. The Bertz CT molecular complexity index is 212. The molecular weight excluding hydrogens is 174 g/mol. The molecule has 0 unspecified atom stereocenters. The first-order valence-electron chi connectivity index (χ1n) is 3.81. The Morgan fingerprint density at radius 2 is 2.23 bits per heavy atom. The second kappa shape index (κ2) is 6.05. The van der Waals surface area contributed by atoms with E-state index in [0.717, 1.165) is 6.08 Å². The molecular formula is C8H13NO4. The number of carbonyl (C=O) groups excluding carboxylic acids is 1. The third-order valence-electron chi connectivity index (χ3n) is 1.14. The average molecular weight is 187 g/mol. The van der Waals surface area contributed by atoms with Crippen molar-refractivity contribution in [1.82, 2.24) is 5.32 Å². The van der Waals surface area contributed by atoms with Crippen molar-refractivity contribution in [2.75, 3.05) is 6.61 Å². The van der Waals surface area contributed by atoms with Crippen LogP contribution in [0, 0.1) is 0 Å². The third-order valence-corrected chi connectivity index (χ3v) is 1.14. The topological polar surface area (TPSA) is 75.6 Å². The van der Waals surface area contributed by atoms with Gasteiger partial charge < -0.3 is 15.2 Å². The molecule has 0 radical (unpaired) electrons. The van der Waals surface area contributed by atoms with Crippen molar-refractivity contribution >= 4 is 11.9 Å². The van der Waals surface area contributed by atoms with Crippen molar-refractivity contribution < 1.29 is 19.4 Å². The summed E-state index contributed by atoms with van der Waals surface area (Å²) in [5.74, 6) is -1.37. The Labute approximate surface area is 76.4 Å². The van der Waals surface area contributed by atoms with Gasteiger partial charge >= 0.3 is 11.9 Å². The Morgan fingerprint density at radius 3 is 2.69 bits per heavy atom. The first-order valence-corrected chi connectivity index (χ1v) is 3.81. The Hall–Kier alpha value is -1.52. The van der Waals surface area contributed by atoms with E-state index in [9.17, 15) is 9.59 Å². The maximum Gasteiger partial charge on any atom is 0.329 e. The molecule has 0 spiro atoms. The SMILES string of the molecule is CC(=O)OC[C@H](C)NC=CC(=O)O. The van der Waals surface area contributed by atoms with Gasteiger partial charge in [-0.25, -0.2) is 4.79 Å². The predicted molar refractivity (Wildman–Crippen MR) is 46.0 cm³/mol. The summed E-state index contributed by atoms with van der Waals surface area (Å²) in [6, 6.07) is -0.0977. The zero-order valence-corrected chi connectivity index (χ0v) is 7.61. The van der Waals surface area contributed by atoms with Crippen molar-refractivity contribution in [2.45, 2.75) is 19.9 Å². The summed E-state index contributed by atoms with van der Waals surface area (Å²) < 4.78 is 4.68. The van der Waals surface area contributed by atoms with Gasteiger partial charge in [-0.1, -0.05) is 0 Å². The van der Waals surface area contributed by atoms with Crippen molar-refractivity contribution in [3.05, 3.63) is 12.3 Å². The quantitative estimate of drug-likeness (QED) is 0.472. The fraction of sp³-hybridized carbons (Fsp3) is 0.500. The number of ether oxygens (including phenoxy) is 1. The van der Waals surface area contributed by atoms with Crippen molar-refractivity contribution in [3.8, 4) is 0 Å². The van der Waals surface area contributed by atoms with Gasteiger partial charge in [0.05, 0.1) is 6.04 Å². The Balaban J connectivity index is 3.56. The summed E-state index contributed by atoms with van der Waals surface area (Å²) in [6.07, 6.45) is 2.28. The first-order chi connectivity index (χ1) is 6.02. The minimum absolute atomic E-state index is 0.0977. The minimum atomic E-state index is -1.02. The molecule has 0 fully saturated rings. The average Bonchev–Trinajstić information content (AvgIpc) is 2.00. The van der Waals surface area contributed by atoms with E-state index >= 15 is 0 Å². The second-order valence-corrected chi connectivity index (χ2v) is 2.54. The number of esters is 1. The molecule has 0 aromatic carbocycles. The van der Waals surface area contributed by atoms with Gasteiger partial charge in [-0.15, -0.1) is 0 Å². The molecule has 0 rings (SSSR count). The van der Waals surface area contributed by atoms with E-state index in [1.807, 2.05) is 0 Å². The minimum Gasteiger partial charge on any atom is -0.478 e. The van der Waals surface area contributed by atoms with Crippen LogP contribution >= 0.6 is 0 Å². The molecule has 0 saturated carbocycles. The molecule has 0 aromatic heterocycles. The normalized spacial score (nSPS) is 12.5. The summed E-state index contributed by atoms with van der Waals surface area (Å²) in [5.41, 5.74) is 0. The summed E-state index contributed by atoms with van der Waals surface area (Å²) in [5, 5.41) is 11.0. The van der Waals surface area contributed by atoms with Gasteiger partial charge in [-0.2, -0.15) is 0 Å². The third kappa shape index (κ3) is 8.39. The van der Waals surface area contributed by atoms with Crippen LogP contribution in [-0.4, -0.2) is 29.7 Å². The molecule has 0 aliphatic heterocycles. The maximum atomic E-state index is 10.4. The monoisotopic (exact) mass is 187 g/mol. The first kappa shape index (κ1) is 11.5. The fourth-order valence-electron chi connectivity index (χ4n) is 0.574. The molecule has 2 N–H and O–H groups in total. The smallest absolute Gasteiger partial charge is 0.329 e.